The van der Waals surface area contributed by atoms with E-state index in [1.807, 2.05) is 75.3 Å². The first kappa shape index (κ1) is 23.4. The molecule has 1 aromatic heterocycles. The summed E-state index contributed by atoms with van der Waals surface area (Å²) in [5, 5.41) is 0. The molecule has 5 rings (SSSR count). The number of aromatic nitrogens is 1. The molecule has 2 atom stereocenters. The third-order valence-electron chi connectivity index (χ3n) is 8.13. The van der Waals surface area contributed by atoms with E-state index in [4.69, 9.17) is 4.74 Å². The van der Waals surface area contributed by atoms with Gasteiger partial charge in [-0.1, -0.05) is 24.3 Å². The second-order valence-corrected chi connectivity index (χ2v) is 10.1. The number of carbonyl (C=O) groups is 3. The zero-order valence-corrected chi connectivity index (χ0v) is 20.3. The number of carbonyl (C=O) groups excluding carboxylic acids is 3. The molecule has 0 bridgehead atoms. The van der Waals surface area contributed by atoms with Crippen molar-refractivity contribution in [3.05, 3.63) is 66.5 Å². The van der Waals surface area contributed by atoms with Gasteiger partial charge in [0.05, 0.1) is 30.2 Å². The molecule has 184 valence electrons. The van der Waals surface area contributed by atoms with Crippen LogP contribution < -0.4 is 0 Å². The fraction of sp³-hybridized carbons (Fsp3) is 0.464. The van der Waals surface area contributed by atoms with Gasteiger partial charge in [0, 0.05) is 38.6 Å². The smallest absolute Gasteiger partial charge is 0.309 e. The average Bonchev–Trinajstić information content (AvgIpc) is 3.59. The number of para-hydroxylation sites is 1. The van der Waals surface area contributed by atoms with Gasteiger partial charge in [-0.2, -0.15) is 0 Å². The third-order valence-corrected chi connectivity index (χ3v) is 8.13. The van der Waals surface area contributed by atoms with Gasteiger partial charge in [0.2, 0.25) is 5.91 Å². The van der Waals surface area contributed by atoms with Crippen LogP contribution in [0.25, 0.3) is 5.69 Å². The lowest BCUT2D eigenvalue weighted by Gasteiger charge is -2.39. The number of likely N-dealkylation sites (tertiary alicyclic amines) is 2. The molecule has 1 aliphatic carbocycles. The molecule has 0 saturated carbocycles. The Bertz CT molecular complexity index is 1110. The third kappa shape index (κ3) is 4.51. The van der Waals surface area contributed by atoms with Crippen LogP contribution >= 0.6 is 0 Å². The molecule has 2 saturated heterocycles. The molecule has 1 spiro atoms. The van der Waals surface area contributed by atoms with Gasteiger partial charge in [0.15, 0.2) is 0 Å². The number of rotatable bonds is 4. The Balaban J connectivity index is 1.23. The van der Waals surface area contributed by atoms with Crippen LogP contribution in [-0.4, -0.2) is 65.4 Å². The topological polar surface area (TPSA) is 71.9 Å². The number of hydrogen-bond donors (Lipinski definition) is 0. The predicted octanol–water partition coefficient (Wildman–Crippen LogP) is 3.69. The van der Waals surface area contributed by atoms with E-state index >= 15 is 0 Å². The van der Waals surface area contributed by atoms with Crippen LogP contribution in [0.4, 0.5) is 0 Å². The lowest BCUT2D eigenvalue weighted by Crippen LogP contribution is -2.46. The van der Waals surface area contributed by atoms with Gasteiger partial charge in [-0.15, -0.1) is 0 Å². The van der Waals surface area contributed by atoms with Gasteiger partial charge >= 0.3 is 5.97 Å². The van der Waals surface area contributed by atoms with Crippen molar-refractivity contribution in [3.8, 4) is 5.69 Å². The maximum absolute atomic E-state index is 13.4. The van der Waals surface area contributed by atoms with E-state index < -0.39 is 5.92 Å². The molecule has 2 fully saturated rings. The number of amides is 2. The van der Waals surface area contributed by atoms with Crippen LogP contribution in [0.1, 0.15) is 42.5 Å². The zero-order chi connectivity index (χ0) is 24.4. The quantitative estimate of drug-likeness (QED) is 0.500. The summed E-state index contributed by atoms with van der Waals surface area (Å²) in [6, 6.07) is 11.6. The second-order valence-electron chi connectivity index (χ2n) is 10.1. The molecule has 3 heterocycles. The number of allylic oxidation sites excluding steroid dienone is 2. The van der Waals surface area contributed by atoms with Gasteiger partial charge in [0.25, 0.3) is 5.91 Å². The minimum Gasteiger partial charge on any atom is -0.469 e. The van der Waals surface area contributed by atoms with Crippen molar-refractivity contribution in [2.24, 2.45) is 17.3 Å². The van der Waals surface area contributed by atoms with Crippen LogP contribution in [0.5, 0.6) is 0 Å². The summed E-state index contributed by atoms with van der Waals surface area (Å²) in [7, 11) is 1.39. The molecule has 7 heteroatoms. The molecule has 7 nitrogen and oxygen atoms in total. The first-order chi connectivity index (χ1) is 17.0. The van der Waals surface area contributed by atoms with Crippen molar-refractivity contribution in [2.45, 2.75) is 32.1 Å². The van der Waals surface area contributed by atoms with Gasteiger partial charge in [0.1, 0.15) is 0 Å². The van der Waals surface area contributed by atoms with Crippen molar-refractivity contribution in [1.29, 1.82) is 0 Å². The molecule has 2 amide bonds. The summed E-state index contributed by atoms with van der Waals surface area (Å²) < 4.78 is 6.94. The van der Waals surface area contributed by atoms with E-state index in [9.17, 15) is 14.4 Å². The molecular weight excluding hydrogens is 442 g/mol. The van der Waals surface area contributed by atoms with Crippen LogP contribution in [0.15, 0.2) is 60.9 Å². The maximum atomic E-state index is 13.4. The Morgan fingerprint density at radius 2 is 1.49 bits per heavy atom. The highest BCUT2D eigenvalue weighted by molar-refractivity contribution is 5.98. The standard InChI is InChI=1S/C28H33N3O4/c1-35-27(34)22-9-3-2-8-21(22)25(32)31-19-14-28(20-31)12-17-30(18-13-28)26(33)23-10-4-5-11-24(23)29-15-6-7-16-29/h2-7,10-11,15-16,21-22H,8-9,12-14,17-20H2,1H3/t21-,22+/m1/s1. The van der Waals surface area contributed by atoms with Crippen molar-refractivity contribution >= 4 is 17.8 Å². The molecule has 35 heavy (non-hydrogen) atoms. The summed E-state index contributed by atoms with van der Waals surface area (Å²) in [6.07, 6.45) is 11.8. The molecule has 0 unspecified atom stereocenters. The Morgan fingerprint density at radius 3 is 2.17 bits per heavy atom. The monoisotopic (exact) mass is 475 g/mol. The lowest BCUT2D eigenvalue weighted by molar-refractivity contribution is -0.153. The Kier molecular flexibility index (Phi) is 6.50. The van der Waals surface area contributed by atoms with Crippen molar-refractivity contribution in [3.63, 3.8) is 0 Å². The van der Waals surface area contributed by atoms with Crippen molar-refractivity contribution in [1.82, 2.24) is 14.4 Å². The first-order valence-corrected chi connectivity index (χ1v) is 12.5. The Labute approximate surface area is 206 Å². The van der Waals surface area contributed by atoms with Gasteiger partial charge in [-0.25, -0.2) is 0 Å². The SMILES string of the molecule is COC(=O)[C@H]1CC=CC[C@H]1C(=O)N1CCC2(CCN(C(=O)c3ccccc3-n3cccc3)CC2)C1. The fourth-order valence-corrected chi connectivity index (χ4v) is 5.99. The van der Waals surface area contributed by atoms with Crippen LogP contribution in [-0.2, 0) is 14.3 Å². The second kappa shape index (κ2) is 9.72. The largest absolute Gasteiger partial charge is 0.469 e. The number of ether oxygens (including phenoxy) is 1. The number of benzene rings is 1. The Hall–Kier alpha value is -3.35. The normalized spacial score (nSPS) is 23.5. The maximum Gasteiger partial charge on any atom is 0.309 e. The summed E-state index contributed by atoms with van der Waals surface area (Å²) in [6.45, 7) is 2.81. The highest BCUT2D eigenvalue weighted by Crippen LogP contribution is 2.42. The van der Waals surface area contributed by atoms with Crippen LogP contribution in [0, 0.1) is 17.3 Å². The highest BCUT2D eigenvalue weighted by Gasteiger charge is 2.45. The average molecular weight is 476 g/mol. The number of piperidine rings is 1. The number of esters is 1. The molecule has 3 aliphatic rings. The number of methoxy groups -OCH3 is 1. The number of hydrogen-bond acceptors (Lipinski definition) is 4. The molecular formula is C28H33N3O4. The predicted molar refractivity (Wildman–Crippen MR) is 132 cm³/mol. The van der Waals surface area contributed by atoms with Gasteiger partial charge in [-0.3, -0.25) is 14.4 Å². The van der Waals surface area contributed by atoms with Crippen LogP contribution in [0.3, 0.4) is 0 Å². The fourth-order valence-electron chi connectivity index (χ4n) is 5.99. The Morgan fingerprint density at radius 1 is 0.857 bits per heavy atom. The van der Waals surface area contributed by atoms with E-state index in [-0.39, 0.29) is 29.1 Å². The highest BCUT2D eigenvalue weighted by atomic mass is 16.5. The van der Waals surface area contributed by atoms with Crippen molar-refractivity contribution < 1.29 is 19.1 Å². The molecule has 1 aromatic carbocycles. The number of nitrogens with zero attached hydrogens (tertiary/aromatic N) is 3. The van der Waals surface area contributed by atoms with E-state index in [1.165, 1.54) is 7.11 Å². The molecule has 2 aliphatic heterocycles. The summed E-state index contributed by atoms with van der Waals surface area (Å²) in [5.41, 5.74) is 1.65. The first-order valence-electron chi connectivity index (χ1n) is 12.5. The molecule has 2 aromatic rings. The summed E-state index contributed by atoms with van der Waals surface area (Å²) in [4.78, 5) is 43.0. The zero-order valence-electron chi connectivity index (χ0n) is 20.3. The van der Waals surface area contributed by atoms with E-state index in [0.29, 0.717) is 38.0 Å². The minimum atomic E-state index is -0.395. The van der Waals surface area contributed by atoms with Crippen molar-refractivity contribution in [2.75, 3.05) is 33.3 Å². The molecule has 0 radical (unpaired) electrons. The van der Waals surface area contributed by atoms with E-state index in [2.05, 4.69) is 0 Å². The summed E-state index contributed by atoms with van der Waals surface area (Å²) in [5.74, 6) is -0.900. The molecule has 0 N–H and O–H groups in total. The van der Waals surface area contributed by atoms with Crippen LogP contribution in [0.2, 0.25) is 0 Å². The minimum absolute atomic E-state index is 0.0532. The van der Waals surface area contributed by atoms with Gasteiger partial charge in [-0.05, 0) is 61.8 Å². The van der Waals surface area contributed by atoms with Gasteiger partial charge < -0.3 is 19.1 Å². The van der Waals surface area contributed by atoms with E-state index in [0.717, 1.165) is 31.5 Å². The van der Waals surface area contributed by atoms with E-state index in [1.54, 1.807) is 0 Å². The summed E-state index contributed by atoms with van der Waals surface area (Å²) >= 11 is 0. The lowest BCUT2D eigenvalue weighted by atomic mass is 9.77.